The summed E-state index contributed by atoms with van der Waals surface area (Å²) in [6.45, 7) is 3.79. The predicted octanol–water partition coefficient (Wildman–Crippen LogP) is 0.869. The lowest BCUT2D eigenvalue weighted by atomic mass is 10.2. The molecule has 2 N–H and O–H groups in total. The largest absolute Gasteiger partial charge is 0.327 e. The highest BCUT2D eigenvalue weighted by Crippen LogP contribution is 2.22. The topological polar surface area (TPSA) is 70.9 Å². The van der Waals surface area contributed by atoms with Crippen molar-refractivity contribution in [2.75, 3.05) is 38.0 Å². The Bertz CT molecular complexity index is 674. The molecule has 0 unspecified atom stereocenters. The Hall–Kier alpha value is -1.44. The molecule has 6 nitrogen and oxygen atoms in total. The highest BCUT2D eigenvalue weighted by Gasteiger charge is 2.27. The van der Waals surface area contributed by atoms with Crippen molar-refractivity contribution in [3.63, 3.8) is 0 Å². The maximum absolute atomic E-state index is 12.5. The number of likely N-dealkylation sites (tertiary alicyclic amines) is 1. The van der Waals surface area contributed by atoms with Crippen molar-refractivity contribution in [3.8, 4) is 0 Å². The molecular weight excluding hydrogens is 338 g/mol. The number of quaternary nitrogens is 1. The summed E-state index contributed by atoms with van der Waals surface area (Å²) in [4.78, 5) is 13.9. The molecule has 2 heterocycles. The lowest BCUT2D eigenvalue weighted by Crippen LogP contribution is -3.12. The van der Waals surface area contributed by atoms with E-state index in [-0.39, 0.29) is 5.91 Å². The summed E-state index contributed by atoms with van der Waals surface area (Å²) in [7, 11) is -3.39. The Kier molecular flexibility index (Phi) is 6.09. The van der Waals surface area contributed by atoms with Gasteiger partial charge in [0.1, 0.15) is 0 Å². The third kappa shape index (κ3) is 4.80. The van der Waals surface area contributed by atoms with Crippen molar-refractivity contribution >= 4 is 21.6 Å². The minimum atomic E-state index is -3.39. The van der Waals surface area contributed by atoms with Gasteiger partial charge < -0.3 is 10.2 Å². The summed E-state index contributed by atoms with van der Waals surface area (Å²) in [5, 5.41) is 2.89. The first-order valence-corrected chi connectivity index (χ1v) is 10.7. The average molecular weight is 367 g/mol. The molecule has 1 aromatic rings. The molecule has 0 spiro atoms. The summed E-state index contributed by atoms with van der Waals surface area (Å²) in [5.74, 6) is -0.00736. The first kappa shape index (κ1) is 18.4. The normalized spacial score (nSPS) is 20.3. The maximum Gasteiger partial charge on any atom is 0.279 e. The summed E-state index contributed by atoms with van der Waals surface area (Å²) in [6.07, 6.45) is 6.74. The highest BCUT2D eigenvalue weighted by atomic mass is 32.2. The number of rotatable bonds is 5. The minimum absolute atomic E-state index is 0.00736. The fourth-order valence-corrected chi connectivity index (χ4v) is 5.14. The van der Waals surface area contributed by atoms with E-state index in [1.54, 1.807) is 24.3 Å². The Morgan fingerprint density at radius 3 is 2.16 bits per heavy atom. The van der Waals surface area contributed by atoms with Crippen LogP contribution in [0.2, 0.25) is 0 Å². The Morgan fingerprint density at radius 2 is 1.56 bits per heavy atom. The van der Waals surface area contributed by atoms with Gasteiger partial charge in [0.05, 0.1) is 18.0 Å². The molecule has 0 radical (unpaired) electrons. The number of hydrogen-bond donors (Lipinski definition) is 2. The van der Waals surface area contributed by atoms with E-state index in [0.717, 1.165) is 25.9 Å². The number of carbonyl (C=O) groups is 1. The fraction of sp³-hybridized carbons (Fsp3) is 0.611. The molecule has 1 aromatic carbocycles. The molecule has 0 aliphatic carbocycles. The van der Waals surface area contributed by atoms with E-state index in [4.69, 9.17) is 0 Å². The standard InChI is InChI=1S/C18H27N3O3S/c22-18(15-20-11-3-1-2-4-12-20)19-16-7-9-17(10-8-16)25(23,24)21-13-5-6-14-21/h7-10H,1-6,11-15H2,(H,19,22)/p+1. The Labute approximate surface area is 150 Å². The third-order valence-corrected chi connectivity index (χ3v) is 6.97. The lowest BCUT2D eigenvalue weighted by molar-refractivity contribution is -0.890. The zero-order valence-corrected chi connectivity index (χ0v) is 15.5. The molecule has 2 fully saturated rings. The van der Waals surface area contributed by atoms with E-state index in [1.807, 2.05) is 0 Å². The van der Waals surface area contributed by atoms with Crippen LogP contribution < -0.4 is 10.2 Å². The summed E-state index contributed by atoms with van der Waals surface area (Å²) in [5.41, 5.74) is 0.652. The molecule has 25 heavy (non-hydrogen) atoms. The van der Waals surface area contributed by atoms with Crippen LogP contribution in [0, 0.1) is 0 Å². The van der Waals surface area contributed by atoms with Crippen LogP contribution >= 0.6 is 0 Å². The van der Waals surface area contributed by atoms with E-state index < -0.39 is 10.0 Å². The summed E-state index contributed by atoms with van der Waals surface area (Å²) < 4.78 is 26.5. The van der Waals surface area contributed by atoms with Crippen LogP contribution in [0.3, 0.4) is 0 Å². The van der Waals surface area contributed by atoms with Crippen LogP contribution in [-0.4, -0.2) is 51.4 Å². The molecule has 2 aliphatic rings. The van der Waals surface area contributed by atoms with Gasteiger partial charge in [0.2, 0.25) is 10.0 Å². The molecule has 2 aliphatic heterocycles. The van der Waals surface area contributed by atoms with Gasteiger partial charge >= 0.3 is 0 Å². The van der Waals surface area contributed by atoms with Gasteiger partial charge in [-0.3, -0.25) is 4.79 Å². The van der Waals surface area contributed by atoms with E-state index in [2.05, 4.69) is 5.32 Å². The molecule has 0 atom stereocenters. The third-order valence-electron chi connectivity index (χ3n) is 5.06. The van der Waals surface area contributed by atoms with Crippen LogP contribution in [-0.2, 0) is 14.8 Å². The van der Waals surface area contributed by atoms with Crippen molar-refractivity contribution in [1.82, 2.24) is 4.31 Å². The maximum atomic E-state index is 12.5. The van der Waals surface area contributed by atoms with Crippen molar-refractivity contribution in [2.24, 2.45) is 0 Å². The molecule has 3 rings (SSSR count). The van der Waals surface area contributed by atoms with Gasteiger partial charge in [-0.1, -0.05) is 0 Å². The van der Waals surface area contributed by atoms with Gasteiger partial charge in [-0.2, -0.15) is 4.31 Å². The number of sulfonamides is 1. The number of anilines is 1. The van der Waals surface area contributed by atoms with Gasteiger partial charge in [-0.25, -0.2) is 8.42 Å². The second kappa shape index (κ2) is 8.29. The number of nitrogens with one attached hydrogen (secondary N) is 2. The molecule has 7 heteroatoms. The van der Waals surface area contributed by atoms with Crippen molar-refractivity contribution in [1.29, 1.82) is 0 Å². The van der Waals surface area contributed by atoms with Crippen LogP contribution in [0.5, 0.6) is 0 Å². The fourth-order valence-electron chi connectivity index (χ4n) is 3.63. The Morgan fingerprint density at radius 1 is 0.960 bits per heavy atom. The minimum Gasteiger partial charge on any atom is -0.327 e. The van der Waals surface area contributed by atoms with Crippen molar-refractivity contribution in [2.45, 2.75) is 43.4 Å². The van der Waals surface area contributed by atoms with Crippen molar-refractivity contribution in [3.05, 3.63) is 24.3 Å². The van der Waals surface area contributed by atoms with Gasteiger partial charge in [0, 0.05) is 18.8 Å². The average Bonchev–Trinajstić information content (AvgIpc) is 3.03. The van der Waals surface area contributed by atoms with Gasteiger partial charge in [-0.05, 0) is 62.8 Å². The van der Waals surface area contributed by atoms with Gasteiger partial charge in [0.25, 0.3) is 5.91 Å². The zero-order chi connectivity index (χ0) is 17.7. The predicted molar refractivity (Wildman–Crippen MR) is 97.1 cm³/mol. The zero-order valence-electron chi connectivity index (χ0n) is 14.7. The van der Waals surface area contributed by atoms with E-state index in [9.17, 15) is 13.2 Å². The van der Waals surface area contributed by atoms with Crippen molar-refractivity contribution < 1.29 is 18.1 Å². The molecule has 0 aromatic heterocycles. The number of benzene rings is 1. The lowest BCUT2D eigenvalue weighted by Gasteiger charge is -2.17. The van der Waals surface area contributed by atoms with Crippen LogP contribution in [0.1, 0.15) is 38.5 Å². The molecular formula is C18H28N3O3S+. The molecule has 0 bridgehead atoms. The number of hydrogen-bond acceptors (Lipinski definition) is 3. The second-order valence-corrected chi connectivity index (χ2v) is 8.96. The van der Waals surface area contributed by atoms with Crippen LogP contribution in [0.15, 0.2) is 29.2 Å². The molecule has 1 amide bonds. The van der Waals surface area contributed by atoms with Crippen LogP contribution in [0.25, 0.3) is 0 Å². The van der Waals surface area contributed by atoms with Gasteiger partial charge in [0.15, 0.2) is 6.54 Å². The number of nitrogens with zero attached hydrogens (tertiary/aromatic N) is 1. The van der Waals surface area contributed by atoms with E-state index in [1.165, 1.54) is 34.9 Å². The summed E-state index contributed by atoms with van der Waals surface area (Å²) >= 11 is 0. The second-order valence-electron chi connectivity index (χ2n) is 7.02. The monoisotopic (exact) mass is 366 g/mol. The smallest absolute Gasteiger partial charge is 0.279 e. The SMILES string of the molecule is O=C(C[NH+]1CCCCCC1)Nc1ccc(S(=O)(=O)N2CCCC2)cc1. The number of carbonyl (C=O) groups excluding carboxylic acids is 1. The number of amides is 1. The first-order valence-electron chi connectivity index (χ1n) is 9.29. The summed E-state index contributed by atoms with van der Waals surface area (Å²) in [6, 6.07) is 6.53. The quantitative estimate of drug-likeness (QED) is 0.812. The first-order chi connectivity index (χ1) is 12.1. The van der Waals surface area contributed by atoms with Gasteiger partial charge in [-0.15, -0.1) is 0 Å². The molecule has 2 saturated heterocycles. The highest BCUT2D eigenvalue weighted by molar-refractivity contribution is 7.89. The van der Waals surface area contributed by atoms with Crippen LogP contribution in [0.4, 0.5) is 5.69 Å². The molecule has 138 valence electrons. The molecule has 0 saturated carbocycles. The Balaban J connectivity index is 1.57. The van der Waals surface area contributed by atoms with E-state index in [0.29, 0.717) is 30.2 Å². The van der Waals surface area contributed by atoms with E-state index >= 15 is 0 Å².